The van der Waals surface area contributed by atoms with Gasteiger partial charge in [0, 0.05) is 8.95 Å². The van der Waals surface area contributed by atoms with Crippen LogP contribution in [0.25, 0.3) is 0 Å². The number of halogens is 2. The van der Waals surface area contributed by atoms with Crippen molar-refractivity contribution in [3.63, 3.8) is 0 Å². The molecule has 0 fully saturated rings. The van der Waals surface area contributed by atoms with E-state index in [-0.39, 0.29) is 6.04 Å². The van der Waals surface area contributed by atoms with Crippen LogP contribution in [0.5, 0.6) is 11.5 Å². The Labute approximate surface area is 141 Å². The summed E-state index contributed by atoms with van der Waals surface area (Å²) in [5.74, 6) is 1.33. The van der Waals surface area contributed by atoms with Crippen LogP contribution >= 0.6 is 31.9 Å². The highest BCUT2D eigenvalue weighted by molar-refractivity contribution is 9.10. The Balaban J connectivity index is 2.52. The van der Waals surface area contributed by atoms with Gasteiger partial charge < -0.3 is 15.2 Å². The van der Waals surface area contributed by atoms with E-state index in [1.165, 1.54) is 5.56 Å². The van der Waals surface area contributed by atoms with E-state index >= 15 is 0 Å². The van der Waals surface area contributed by atoms with Crippen molar-refractivity contribution in [2.75, 3.05) is 14.2 Å². The van der Waals surface area contributed by atoms with Crippen molar-refractivity contribution in [2.45, 2.75) is 13.0 Å². The summed E-state index contributed by atoms with van der Waals surface area (Å²) in [5.41, 5.74) is 9.59. The zero-order valence-electron chi connectivity index (χ0n) is 12.1. The molecular formula is C16H17Br2NO2. The summed E-state index contributed by atoms with van der Waals surface area (Å²) in [5, 5.41) is 0. The Bertz CT molecular complexity index is 659. The van der Waals surface area contributed by atoms with Crippen LogP contribution in [0.2, 0.25) is 0 Å². The minimum absolute atomic E-state index is 0.270. The van der Waals surface area contributed by atoms with Crippen LogP contribution in [0.15, 0.2) is 39.3 Å². The van der Waals surface area contributed by atoms with Crippen molar-refractivity contribution < 1.29 is 9.47 Å². The summed E-state index contributed by atoms with van der Waals surface area (Å²) in [6, 6.07) is 9.65. The maximum Gasteiger partial charge on any atom is 0.161 e. The van der Waals surface area contributed by atoms with E-state index < -0.39 is 0 Å². The predicted octanol–water partition coefficient (Wildman–Crippen LogP) is 4.59. The molecule has 0 saturated heterocycles. The molecule has 1 atom stereocenters. The molecule has 0 bridgehead atoms. The summed E-state index contributed by atoms with van der Waals surface area (Å²) in [6.07, 6.45) is 0. The minimum atomic E-state index is -0.270. The molecule has 2 aromatic carbocycles. The van der Waals surface area contributed by atoms with Crippen LogP contribution in [0.3, 0.4) is 0 Å². The number of methoxy groups -OCH3 is 2. The number of benzene rings is 2. The fourth-order valence-corrected chi connectivity index (χ4v) is 3.24. The monoisotopic (exact) mass is 413 g/mol. The number of rotatable bonds is 4. The first-order chi connectivity index (χ1) is 9.97. The number of ether oxygens (including phenoxy) is 2. The van der Waals surface area contributed by atoms with Crippen LogP contribution in [0.4, 0.5) is 0 Å². The van der Waals surface area contributed by atoms with Gasteiger partial charge in [-0.3, -0.25) is 0 Å². The van der Waals surface area contributed by atoms with Crippen molar-refractivity contribution >= 4 is 31.9 Å². The lowest BCUT2D eigenvalue weighted by Gasteiger charge is -2.19. The SMILES string of the molecule is COc1cc(Br)c(C(N)c2cc(C)ccc2Br)cc1OC. The Morgan fingerprint density at radius 2 is 1.48 bits per heavy atom. The van der Waals surface area contributed by atoms with Gasteiger partial charge in [0.05, 0.1) is 20.3 Å². The molecule has 112 valence electrons. The highest BCUT2D eigenvalue weighted by atomic mass is 79.9. The van der Waals surface area contributed by atoms with E-state index in [9.17, 15) is 0 Å². The number of hydrogen-bond donors (Lipinski definition) is 1. The predicted molar refractivity (Wildman–Crippen MR) is 92.2 cm³/mol. The summed E-state index contributed by atoms with van der Waals surface area (Å²) < 4.78 is 12.5. The second kappa shape index (κ2) is 6.81. The number of nitrogens with two attached hydrogens (primary N) is 1. The molecule has 2 aromatic rings. The second-order valence-electron chi connectivity index (χ2n) is 4.73. The normalized spacial score (nSPS) is 12.1. The first-order valence-corrected chi connectivity index (χ1v) is 7.99. The van der Waals surface area contributed by atoms with Crippen LogP contribution in [0, 0.1) is 6.92 Å². The van der Waals surface area contributed by atoms with Gasteiger partial charge in [0.2, 0.25) is 0 Å². The molecule has 0 spiro atoms. The zero-order valence-corrected chi connectivity index (χ0v) is 15.3. The standard InChI is InChI=1S/C16H17Br2NO2/c1-9-4-5-12(17)10(6-9)16(19)11-7-14(20-2)15(21-3)8-13(11)18/h4-8,16H,19H2,1-3H3. The maximum atomic E-state index is 6.45. The van der Waals surface area contributed by atoms with Gasteiger partial charge in [0.15, 0.2) is 11.5 Å². The van der Waals surface area contributed by atoms with Gasteiger partial charge in [0.25, 0.3) is 0 Å². The smallest absolute Gasteiger partial charge is 0.161 e. The van der Waals surface area contributed by atoms with Gasteiger partial charge in [0.1, 0.15) is 0 Å². The summed E-state index contributed by atoms with van der Waals surface area (Å²) >= 11 is 7.13. The van der Waals surface area contributed by atoms with E-state index in [0.29, 0.717) is 11.5 Å². The van der Waals surface area contributed by atoms with E-state index in [4.69, 9.17) is 15.2 Å². The first kappa shape index (κ1) is 16.3. The number of aryl methyl sites for hydroxylation is 1. The fourth-order valence-electron chi connectivity index (χ4n) is 2.18. The van der Waals surface area contributed by atoms with Crippen molar-refractivity contribution in [1.82, 2.24) is 0 Å². The lowest BCUT2D eigenvalue weighted by molar-refractivity contribution is 0.354. The lowest BCUT2D eigenvalue weighted by Crippen LogP contribution is -2.14. The molecule has 5 heteroatoms. The summed E-state index contributed by atoms with van der Waals surface area (Å²) in [4.78, 5) is 0. The Hall–Kier alpha value is -1.04. The molecular weight excluding hydrogens is 398 g/mol. The van der Waals surface area contributed by atoms with Crippen molar-refractivity contribution in [3.05, 3.63) is 56.0 Å². The van der Waals surface area contributed by atoms with Crippen LogP contribution in [-0.4, -0.2) is 14.2 Å². The van der Waals surface area contributed by atoms with Crippen LogP contribution in [-0.2, 0) is 0 Å². The average molecular weight is 415 g/mol. The molecule has 0 aliphatic heterocycles. The van der Waals surface area contributed by atoms with E-state index in [1.54, 1.807) is 14.2 Å². The first-order valence-electron chi connectivity index (χ1n) is 6.41. The molecule has 0 heterocycles. The largest absolute Gasteiger partial charge is 0.493 e. The van der Waals surface area contributed by atoms with Gasteiger partial charge in [-0.15, -0.1) is 0 Å². The van der Waals surface area contributed by atoms with Crippen molar-refractivity contribution in [3.8, 4) is 11.5 Å². The molecule has 0 aromatic heterocycles. The van der Waals surface area contributed by atoms with Crippen LogP contribution in [0.1, 0.15) is 22.7 Å². The molecule has 1 unspecified atom stereocenters. The molecule has 0 amide bonds. The van der Waals surface area contributed by atoms with Crippen molar-refractivity contribution in [2.24, 2.45) is 5.73 Å². The Kier molecular flexibility index (Phi) is 5.30. The van der Waals surface area contributed by atoms with Gasteiger partial charge in [-0.25, -0.2) is 0 Å². The molecule has 0 aliphatic rings. The van der Waals surface area contributed by atoms with Gasteiger partial charge >= 0.3 is 0 Å². The number of hydrogen-bond acceptors (Lipinski definition) is 3. The molecule has 0 aliphatic carbocycles. The molecule has 2 rings (SSSR count). The average Bonchev–Trinajstić information content (AvgIpc) is 2.48. The molecule has 3 nitrogen and oxygen atoms in total. The van der Waals surface area contributed by atoms with Crippen molar-refractivity contribution in [1.29, 1.82) is 0 Å². The zero-order chi connectivity index (χ0) is 15.6. The molecule has 2 N–H and O–H groups in total. The quantitative estimate of drug-likeness (QED) is 0.795. The maximum absolute atomic E-state index is 6.45. The second-order valence-corrected chi connectivity index (χ2v) is 6.44. The van der Waals surface area contributed by atoms with Gasteiger partial charge in [-0.1, -0.05) is 49.6 Å². The summed E-state index contributed by atoms with van der Waals surface area (Å²) in [7, 11) is 3.23. The minimum Gasteiger partial charge on any atom is -0.493 e. The molecule has 21 heavy (non-hydrogen) atoms. The third kappa shape index (κ3) is 3.42. The summed E-state index contributed by atoms with van der Waals surface area (Å²) in [6.45, 7) is 2.05. The van der Waals surface area contributed by atoms with E-state index in [1.807, 2.05) is 31.2 Å². The Morgan fingerprint density at radius 3 is 2.10 bits per heavy atom. The van der Waals surface area contributed by atoms with E-state index in [2.05, 4.69) is 37.9 Å². The fraction of sp³-hybridized carbons (Fsp3) is 0.250. The lowest BCUT2D eigenvalue weighted by atomic mass is 9.98. The Morgan fingerprint density at radius 1 is 0.905 bits per heavy atom. The molecule has 0 radical (unpaired) electrons. The van der Waals surface area contributed by atoms with Gasteiger partial charge in [-0.05, 0) is 36.2 Å². The highest BCUT2D eigenvalue weighted by Crippen LogP contribution is 2.38. The third-order valence-electron chi connectivity index (χ3n) is 3.32. The highest BCUT2D eigenvalue weighted by Gasteiger charge is 2.18. The molecule has 0 saturated carbocycles. The van der Waals surface area contributed by atoms with E-state index in [0.717, 1.165) is 20.1 Å². The topological polar surface area (TPSA) is 44.5 Å². The van der Waals surface area contributed by atoms with Gasteiger partial charge in [-0.2, -0.15) is 0 Å². The van der Waals surface area contributed by atoms with Crippen LogP contribution < -0.4 is 15.2 Å². The third-order valence-corrected chi connectivity index (χ3v) is 4.73.